The summed E-state index contributed by atoms with van der Waals surface area (Å²) in [5.74, 6) is 2.03. The third-order valence-corrected chi connectivity index (χ3v) is 11.5. The van der Waals surface area contributed by atoms with Crippen molar-refractivity contribution in [2.45, 2.75) is 70.4 Å². The Kier molecular flexibility index (Phi) is 11.0. The molecule has 0 bridgehead atoms. The van der Waals surface area contributed by atoms with E-state index in [-0.39, 0.29) is 17.2 Å². The summed E-state index contributed by atoms with van der Waals surface area (Å²) in [5.41, 5.74) is 6.38. The molecule has 3 aromatic carbocycles. The molecule has 3 fully saturated rings. The van der Waals surface area contributed by atoms with Gasteiger partial charge in [0.25, 0.3) is 5.91 Å². The second kappa shape index (κ2) is 16.0. The molecule has 0 radical (unpaired) electrons. The monoisotopic (exact) mass is 740 g/mol. The van der Waals surface area contributed by atoms with Gasteiger partial charge in [0.05, 0.1) is 12.3 Å². The van der Waals surface area contributed by atoms with Gasteiger partial charge in [0.1, 0.15) is 24.1 Å². The van der Waals surface area contributed by atoms with E-state index >= 15 is 0 Å². The molecular weight excluding hydrogens is 689 g/mol. The highest BCUT2D eigenvalue weighted by atomic mass is 16.5. The number of ether oxygens (including phenoxy) is 2. The molecule has 55 heavy (non-hydrogen) atoms. The summed E-state index contributed by atoms with van der Waals surface area (Å²) in [6.07, 6.45) is 9.52. The SMILES string of the molecule is C=Cc1cc(NCCCOc2ccc(C(C)(C)c3ccc(OCc4ccnc(N5CC6(CCC6)C5)n4)cc3)cc2)ccc1C(=O)N(C)C1CCC(=C)NC1=O. The number of nitrogens with zero attached hydrogens (tertiary/aromatic N) is 4. The molecule has 1 aliphatic carbocycles. The van der Waals surface area contributed by atoms with Crippen LogP contribution in [0.2, 0.25) is 0 Å². The normalized spacial score (nSPS) is 17.4. The largest absolute Gasteiger partial charge is 0.494 e. The summed E-state index contributed by atoms with van der Waals surface area (Å²) in [6, 6.07) is 23.6. The number of hydrogen-bond donors (Lipinski definition) is 2. The summed E-state index contributed by atoms with van der Waals surface area (Å²) < 4.78 is 12.2. The lowest BCUT2D eigenvalue weighted by atomic mass is 9.64. The maximum atomic E-state index is 13.3. The standard InChI is InChI=1S/C45H52N6O4/c1-6-32-27-35(14-19-39(32)42(53)50(5)40-20-9-31(2)48-41(40)52)46-24-8-26-54-37-15-10-33(11-16-37)44(3,4)34-12-17-38(18-13-34)55-28-36-21-25-47-43(49-36)51-29-45(30-51)22-7-23-45/h6,10-19,21,25,27,40,46H,1-2,7-9,20,22-24,26,28-30H2,3-5H3,(H,48,52). The van der Waals surface area contributed by atoms with Gasteiger partial charge in [0.15, 0.2) is 0 Å². The summed E-state index contributed by atoms with van der Waals surface area (Å²) in [6.45, 7) is 16.0. The molecule has 1 atom stereocenters. The van der Waals surface area contributed by atoms with Crippen LogP contribution < -0.4 is 25.0 Å². The molecule has 2 amide bonds. The van der Waals surface area contributed by atoms with Gasteiger partial charge < -0.3 is 29.9 Å². The number of piperidine rings is 1. The number of carbonyl (C=O) groups is 2. The molecule has 10 heteroatoms. The van der Waals surface area contributed by atoms with Crippen molar-refractivity contribution in [3.63, 3.8) is 0 Å². The maximum Gasteiger partial charge on any atom is 0.254 e. The molecule has 1 aromatic heterocycles. The van der Waals surface area contributed by atoms with Gasteiger partial charge in [-0.2, -0.15) is 0 Å². The highest BCUT2D eigenvalue weighted by molar-refractivity contribution is 6.01. The van der Waals surface area contributed by atoms with Gasteiger partial charge >= 0.3 is 0 Å². The second-order valence-corrected chi connectivity index (χ2v) is 15.7. The minimum Gasteiger partial charge on any atom is -0.494 e. The van der Waals surface area contributed by atoms with Crippen molar-refractivity contribution < 1.29 is 19.1 Å². The van der Waals surface area contributed by atoms with Gasteiger partial charge in [-0.05, 0) is 97.3 Å². The number of aromatic nitrogens is 2. The first-order valence-corrected chi connectivity index (χ1v) is 19.3. The van der Waals surface area contributed by atoms with Crippen molar-refractivity contribution in [1.29, 1.82) is 0 Å². The minimum atomic E-state index is -0.528. The number of carbonyl (C=O) groups excluding carboxylic acids is 2. The first kappa shape index (κ1) is 37.7. The minimum absolute atomic E-state index is 0.201. The van der Waals surface area contributed by atoms with E-state index in [9.17, 15) is 9.59 Å². The molecule has 3 aliphatic rings. The molecule has 1 saturated carbocycles. The predicted octanol–water partition coefficient (Wildman–Crippen LogP) is 7.76. The Morgan fingerprint density at radius 3 is 2.36 bits per heavy atom. The molecular formula is C45H52N6O4. The van der Waals surface area contributed by atoms with Crippen LogP contribution in [0.3, 0.4) is 0 Å². The van der Waals surface area contributed by atoms with Gasteiger partial charge in [-0.3, -0.25) is 9.59 Å². The van der Waals surface area contributed by atoms with E-state index in [0.29, 0.717) is 54.8 Å². The highest BCUT2D eigenvalue weighted by Crippen LogP contribution is 2.48. The number of rotatable bonds is 15. The molecule has 2 saturated heterocycles. The second-order valence-electron chi connectivity index (χ2n) is 15.7. The smallest absolute Gasteiger partial charge is 0.254 e. The summed E-state index contributed by atoms with van der Waals surface area (Å²) in [5, 5.41) is 6.17. The quantitative estimate of drug-likeness (QED) is 0.119. The van der Waals surface area contributed by atoms with Gasteiger partial charge in [-0.25, -0.2) is 9.97 Å². The number of anilines is 2. The Morgan fingerprint density at radius 2 is 1.73 bits per heavy atom. The number of likely N-dealkylation sites (N-methyl/N-ethyl adjacent to an activating group) is 1. The Balaban J connectivity index is 0.848. The Hall–Kier alpha value is -5.64. The molecule has 2 N–H and O–H groups in total. The molecule has 2 aliphatic heterocycles. The fraction of sp³-hybridized carbons (Fsp3) is 0.378. The number of allylic oxidation sites excluding steroid dienone is 1. The topological polar surface area (TPSA) is 109 Å². The van der Waals surface area contributed by atoms with Crippen molar-refractivity contribution in [2.24, 2.45) is 5.41 Å². The molecule has 3 heterocycles. The molecule has 1 unspecified atom stereocenters. The van der Waals surface area contributed by atoms with Crippen molar-refractivity contribution in [1.82, 2.24) is 20.2 Å². The zero-order chi connectivity index (χ0) is 38.6. The fourth-order valence-corrected chi connectivity index (χ4v) is 7.77. The zero-order valence-electron chi connectivity index (χ0n) is 32.3. The molecule has 286 valence electrons. The number of hydrogen-bond acceptors (Lipinski definition) is 8. The van der Waals surface area contributed by atoms with Crippen molar-refractivity contribution in [2.75, 3.05) is 43.5 Å². The van der Waals surface area contributed by atoms with E-state index in [1.54, 1.807) is 19.2 Å². The van der Waals surface area contributed by atoms with E-state index in [4.69, 9.17) is 14.5 Å². The van der Waals surface area contributed by atoms with Gasteiger partial charge in [0.2, 0.25) is 11.9 Å². The average Bonchev–Trinajstić information content (AvgIpc) is 3.16. The average molecular weight is 741 g/mol. The van der Waals surface area contributed by atoms with Gasteiger partial charge in [-0.1, -0.05) is 63.8 Å². The van der Waals surface area contributed by atoms with Crippen molar-refractivity contribution >= 4 is 29.5 Å². The third-order valence-electron chi connectivity index (χ3n) is 11.5. The number of benzene rings is 3. The Morgan fingerprint density at radius 1 is 1.04 bits per heavy atom. The Labute approximate surface area is 324 Å². The van der Waals surface area contributed by atoms with Crippen LogP contribution >= 0.6 is 0 Å². The molecule has 10 nitrogen and oxygen atoms in total. The number of amides is 2. The molecule has 1 spiro atoms. The van der Waals surface area contributed by atoms with Crippen LogP contribution in [0.1, 0.15) is 85.1 Å². The van der Waals surface area contributed by atoms with Crippen LogP contribution in [0.5, 0.6) is 11.5 Å². The van der Waals surface area contributed by atoms with Crippen molar-refractivity contribution in [3.8, 4) is 11.5 Å². The summed E-state index contributed by atoms with van der Waals surface area (Å²) in [7, 11) is 1.66. The van der Waals surface area contributed by atoms with E-state index in [1.165, 1.54) is 35.3 Å². The highest BCUT2D eigenvalue weighted by Gasteiger charge is 2.48. The molecule has 7 rings (SSSR count). The maximum absolute atomic E-state index is 13.3. The van der Waals surface area contributed by atoms with Crippen molar-refractivity contribution in [3.05, 3.63) is 126 Å². The zero-order valence-corrected chi connectivity index (χ0v) is 32.3. The first-order chi connectivity index (χ1) is 26.5. The van der Waals surface area contributed by atoms with Crippen LogP contribution in [0.15, 0.2) is 97.8 Å². The lowest BCUT2D eigenvalue weighted by molar-refractivity contribution is -0.125. The van der Waals surface area contributed by atoms with E-state index < -0.39 is 6.04 Å². The van der Waals surface area contributed by atoms with Crippen LogP contribution in [-0.4, -0.2) is 66.0 Å². The van der Waals surface area contributed by atoms with Crippen LogP contribution in [0.25, 0.3) is 6.08 Å². The summed E-state index contributed by atoms with van der Waals surface area (Å²) >= 11 is 0. The van der Waals surface area contributed by atoms with Crippen LogP contribution in [0.4, 0.5) is 11.6 Å². The lowest BCUT2D eigenvalue weighted by Crippen LogP contribution is -2.60. The van der Waals surface area contributed by atoms with E-state index in [1.807, 2.05) is 48.7 Å². The lowest BCUT2D eigenvalue weighted by Gasteiger charge is -2.55. The summed E-state index contributed by atoms with van der Waals surface area (Å²) in [4.78, 5) is 38.8. The third kappa shape index (κ3) is 8.38. The predicted molar refractivity (Wildman–Crippen MR) is 217 cm³/mol. The first-order valence-electron chi connectivity index (χ1n) is 19.3. The number of nitrogens with one attached hydrogen (secondary N) is 2. The fourth-order valence-electron chi connectivity index (χ4n) is 7.77. The van der Waals surface area contributed by atoms with E-state index in [0.717, 1.165) is 48.3 Å². The van der Waals surface area contributed by atoms with E-state index in [2.05, 4.69) is 71.8 Å². The molecule has 4 aromatic rings. The van der Waals surface area contributed by atoms with Gasteiger partial charge in [0, 0.05) is 60.7 Å². The van der Waals surface area contributed by atoms with Crippen LogP contribution in [-0.2, 0) is 16.8 Å². The van der Waals surface area contributed by atoms with Gasteiger partial charge in [-0.15, -0.1) is 0 Å². The Bertz CT molecular complexity index is 2030. The van der Waals surface area contributed by atoms with Crippen LogP contribution in [0, 0.1) is 5.41 Å².